The monoisotopic (exact) mass is 333 g/mol. The SMILES string of the molecule is CCCCCC/C=C/C=C/CCCCCCCC(=O)N1CCCC1. The molecule has 24 heavy (non-hydrogen) atoms. The van der Waals surface area contributed by atoms with Crippen LogP contribution in [0.25, 0.3) is 0 Å². The predicted octanol–water partition coefficient (Wildman–Crippen LogP) is 6.42. The van der Waals surface area contributed by atoms with Gasteiger partial charge in [-0.15, -0.1) is 0 Å². The van der Waals surface area contributed by atoms with Crippen LogP contribution >= 0.6 is 0 Å². The molecule has 0 bridgehead atoms. The summed E-state index contributed by atoms with van der Waals surface area (Å²) in [5.41, 5.74) is 0. The molecule has 0 atom stereocenters. The van der Waals surface area contributed by atoms with E-state index in [1.54, 1.807) is 0 Å². The number of likely N-dealkylation sites (tertiary alicyclic amines) is 1. The molecule has 2 heteroatoms. The van der Waals surface area contributed by atoms with Gasteiger partial charge in [-0.3, -0.25) is 4.79 Å². The average molecular weight is 334 g/mol. The van der Waals surface area contributed by atoms with E-state index in [9.17, 15) is 4.79 Å². The molecule has 138 valence electrons. The van der Waals surface area contributed by atoms with Crippen molar-refractivity contribution in [3.8, 4) is 0 Å². The van der Waals surface area contributed by atoms with Gasteiger partial charge in [0, 0.05) is 19.5 Å². The molecule has 1 aliphatic rings. The molecule has 1 amide bonds. The van der Waals surface area contributed by atoms with Gasteiger partial charge in [-0.2, -0.15) is 0 Å². The third kappa shape index (κ3) is 11.5. The second kappa shape index (κ2) is 15.5. The minimum atomic E-state index is 0.386. The summed E-state index contributed by atoms with van der Waals surface area (Å²) in [6, 6.07) is 0. The van der Waals surface area contributed by atoms with Crippen LogP contribution in [0, 0.1) is 0 Å². The summed E-state index contributed by atoms with van der Waals surface area (Å²) in [4.78, 5) is 13.9. The smallest absolute Gasteiger partial charge is 0.222 e. The zero-order chi connectivity index (χ0) is 17.3. The van der Waals surface area contributed by atoms with Gasteiger partial charge in [0.05, 0.1) is 0 Å². The van der Waals surface area contributed by atoms with Gasteiger partial charge in [-0.05, 0) is 44.9 Å². The minimum Gasteiger partial charge on any atom is -0.343 e. The Morgan fingerprint density at radius 1 is 0.792 bits per heavy atom. The number of rotatable bonds is 14. The van der Waals surface area contributed by atoms with Gasteiger partial charge in [-0.25, -0.2) is 0 Å². The Balaban J connectivity index is 1.82. The normalized spacial score (nSPS) is 15.1. The highest BCUT2D eigenvalue weighted by Crippen LogP contribution is 2.12. The topological polar surface area (TPSA) is 20.3 Å². The third-order valence-electron chi connectivity index (χ3n) is 4.83. The number of unbranched alkanes of at least 4 members (excludes halogenated alkanes) is 9. The lowest BCUT2D eigenvalue weighted by Gasteiger charge is -2.14. The van der Waals surface area contributed by atoms with Gasteiger partial charge in [-0.1, -0.05) is 69.8 Å². The second-order valence-electron chi connectivity index (χ2n) is 7.10. The Hall–Kier alpha value is -1.05. The average Bonchev–Trinajstić information content (AvgIpc) is 3.13. The van der Waals surface area contributed by atoms with Crippen molar-refractivity contribution in [1.29, 1.82) is 0 Å². The van der Waals surface area contributed by atoms with Crippen molar-refractivity contribution >= 4 is 5.91 Å². The number of hydrogen-bond donors (Lipinski definition) is 0. The maximum atomic E-state index is 11.9. The van der Waals surface area contributed by atoms with Gasteiger partial charge in [0.2, 0.25) is 5.91 Å². The highest BCUT2D eigenvalue weighted by molar-refractivity contribution is 5.76. The van der Waals surface area contributed by atoms with Crippen molar-refractivity contribution in [2.24, 2.45) is 0 Å². The number of carbonyl (C=O) groups excluding carboxylic acids is 1. The molecular weight excluding hydrogens is 294 g/mol. The standard InChI is InChI=1S/C22H39NO/c1-2-3-4-5-6-7-8-9-10-11-12-13-14-15-16-19-22(24)23-20-17-18-21-23/h7-10H,2-6,11-21H2,1H3/b8-7+,10-9+. The van der Waals surface area contributed by atoms with E-state index < -0.39 is 0 Å². The molecule has 0 spiro atoms. The zero-order valence-electron chi connectivity index (χ0n) is 16.0. The molecule has 0 aromatic carbocycles. The van der Waals surface area contributed by atoms with Crippen molar-refractivity contribution in [2.75, 3.05) is 13.1 Å². The maximum Gasteiger partial charge on any atom is 0.222 e. The van der Waals surface area contributed by atoms with Crippen LogP contribution in [0.15, 0.2) is 24.3 Å². The number of nitrogens with zero attached hydrogens (tertiary/aromatic N) is 1. The minimum absolute atomic E-state index is 0.386. The molecule has 1 heterocycles. The number of amides is 1. The van der Waals surface area contributed by atoms with Crippen molar-refractivity contribution in [3.63, 3.8) is 0 Å². The van der Waals surface area contributed by atoms with Crippen LogP contribution in [0.4, 0.5) is 0 Å². The molecule has 1 rings (SSSR count). The fraction of sp³-hybridized carbons (Fsp3) is 0.773. The van der Waals surface area contributed by atoms with Crippen molar-refractivity contribution < 1.29 is 4.79 Å². The van der Waals surface area contributed by atoms with E-state index in [0.29, 0.717) is 5.91 Å². The molecule has 1 fully saturated rings. The Kier molecular flexibility index (Phi) is 13.5. The van der Waals surface area contributed by atoms with Crippen LogP contribution in [0.2, 0.25) is 0 Å². The van der Waals surface area contributed by atoms with Crippen molar-refractivity contribution in [2.45, 2.75) is 96.8 Å². The molecule has 0 saturated carbocycles. The van der Waals surface area contributed by atoms with E-state index in [0.717, 1.165) is 25.9 Å². The van der Waals surface area contributed by atoms with Gasteiger partial charge in [0.1, 0.15) is 0 Å². The fourth-order valence-electron chi connectivity index (χ4n) is 3.23. The maximum absolute atomic E-state index is 11.9. The van der Waals surface area contributed by atoms with Crippen LogP contribution in [0.3, 0.4) is 0 Å². The van der Waals surface area contributed by atoms with E-state index in [1.807, 2.05) is 4.90 Å². The number of carbonyl (C=O) groups is 1. The predicted molar refractivity (Wildman–Crippen MR) is 105 cm³/mol. The summed E-state index contributed by atoms with van der Waals surface area (Å²) < 4.78 is 0. The van der Waals surface area contributed by atoms with Gasteiger partial charge >= 0.3 is 0 Å². The highest BCUT2D eigenvalue weighted by atomic mass is 16.2. The lowest BCUT2D eigenvalue weighted by molar-refractivity contribution is -0.130. The van der Waals surface area contributed by atoms with Gasteiger partial charge < -0.3 is 4.90 Å². The molecule has 0 unspecified atom stereocenters. The van der Waals surface area contributed by atoms with E-state index in [1.165, 1.54) is 77.0 Å². The molecule has 0 N–H and O–H groups in total. The van der Waals surface area contributed by atoms with Gasteiger partial charge in [0.15, 0.2) is 0 Å². The highest BCUT2D eigenvalue weighted by Gasteiger charge is 2.16. The fourth-order valence-corrected chi connectivity index (χ4v) is 3.23. The van der Waals surface area contributed by atoms with Crippen LogP contribution in [0.1, 0.15) is 96.8 Å². The first-order chi connectivity index (χ1) is 11.8. The lowest BCUT2D eigenvalue weighted by Crippen LogP contribution is -2.27. The van der Waals surface area contributed by atoms with E-state index in [4.69, 9.17) is 0 Å². The van der Waals surface area contributed by atoms with Crippen LogP contribution in [0.5, 0.6) is 0 Å². The summed E-state index contributed by atoms with van der Waals surface area (Å²) >= 11 is 0. The molecule has 1 aliphatic heterocycles. The summed E-state index contributed by atoms with van der Waals surface area (Å²) in [7, 11) is 0. The summed E-state index contributed by atoms with van der Waals surface area (Å²) in [5.74, 6) is 0.386. The largest absolute Gasteiger partial charge is 0.343 e. The van der Waals surface area contributed by atoms with E-state index in [-0.39, 0.29) is 0 Å². The molecule has 0 aromatic rings. The molecule has 2 nitrogen and oxygen atoms in total. The second-order valence-corrected chi connectivity index (χ2v) is 7.10. The van der Waals surface area contributed by atoms with Crippen LogP contribution in [-0.4, -0.2) is 23.9 Å². The van der Waals surface area contributed by atoms with Crippen LogP contribution < -0.4 is 0 Å². The first kappa shape index (κ1) is 21.0. The Morgan fingerprint density at radius 3 is 1.96 bits per heavy atom. The van der Waals surface area contributed by atoms with Crippen LogP contribution in [-0.2, 0) is 4.79 Å². The molecule has 0 aromatic heterocycles. The van der Waals surface area contributed by atoms with Crippen molar-refractivity contribution in [3.05, 3.63) is 24.3 Å². The van der Waals surface area contributed by atoms with Crippen molar-refractivity contribution in [1.82, 2.24) is 4.90 Å². The number of hydrogen-bond acceptors (Lipinski definition) is 1. The van der Waals surface area contributed by atoms with Gasteiger partial charge in [0.25, 0.3) is 0 Å². The Bertz CT molecular complexity index is 353. The Labute approximate surface area is 150 Å². The summed E-state index contributed by atoms with van der Waals surface area (Å²) in [6.45, 7) is 4.25. The lowest BCUT2D eigenvalue weighted by atomic mass is 10.1. The summed E-state index contributed by atoms with van der Waals surface area (Å²) in [6.07, 6.45) is 26.1. The Morgan fingerprint density at radius 2 is 1.33 bits per heavy atom. The molecule has 0 radical (unpaired) electrons. The molecular formula is C22H39NO. The quantitative estimate of drug-likeness (QED) is 0.265. The van der Waals surface area contributed by atoms with E-state index in [2.05, 4.69) is 31.2 Å². The summed E-state index contributed by atoms with van der Waals surface area (Å²) in [5, 5.41) is 0. The molecule has 0 aliphatic carbocycles. The third-order valence-corrected chi connectivity index (χ3v) is 4.83. The first-order valence-electron chi connectivity index (χ1n) is 10.4. The first-order valence-corrected chi connectivity index (χ1v) is 10.4. The number of allylic oxidation sites excluding steroid dienone is 4. The molecule has 1 saturated heterocycles. The zero-order valence-corrected chi connectivity index (χ0v) is 16.0. The van der Waals surface area contributed by atoms with E-state index >= 15 is 0 Å².